The molecule has 5 nitrogen and oxygen atoms in total. The third-order valence-corrected chi connectivity index (χ3v) is 3.87. The highest BCUT2D eigenvalue weighted by atomic mass is 16.4. The summed E-state index contributed by atoms with van der Waals surface area (Å²) in [5, 5.41) is 30.0. The van der Waals surface area contributed by atoms with Gasteiger partial charge in [0.1, 0.15) is 11.5 Å². The summed E-state index contributed by atoms with van der Waals surface area (Å²) in [5.74, 6) is -0.170. The summed E-state index contributed by atoms with van der Waals surface area (Å²) in [6, 6.07) is 0. The standard InChI is InChI=1S/C15H24O5/c1-7(2)13(17)8(3)11(16)6-12-9(4)14(18)10(5)15(19)20-12/h7-8,11,13,16-18H,6H2,1-5H3. The highest BCUT2D eigenvalue weighted by Gasteiger charge is 2.27. The van der Waals surface area contributed by atoms with E-state index < -0.39 is 17.8 Å². The molecule has 1 aromatic rings. The quantitative estimate of drug-likeness (QED) is 0.762. The summed E-state index contributed by atoms with van der Waals surface area (Å²) in [4.78, 5) is 11.5. The van der Waals surface area contributed by atoms with Crippen LogP contribution in [0, 0.1) is 25.7 Å². The summed E-state index contributed by atoms with van der Waals surface area (Å²) in [6.45, 7) is 8.61. The van der Waals surface area contributed by atoms with Crippen LogP contribution in [0.25, 0.3) is 0 Å². The van der Waals surface area contributed by atoms with Gasteiger partial charge in [0.2, 0.25) is 0 Å². The zero-order valence-corrected chi connectivity index (χ0v) is 12.7. The molecule has 0 saturated carbocycles. The van der Waals surface area contributed by atoms with Crippen LogP contribution in [-0.4, -0.2) is 27.5 Å². The zero-order chi connectivity index (χ0) is 15.6. The summed E-state index contributed by atoms with van der Waals surface area (Å²) in [7, 11) is 0. The van der Waals surface area contributed by atoms with Gasteiger partial charge < -0.3 is 19.7 Å². The average molecular weight is 284 g/mol. The van der Waals surface area contributed by atoms with Crippen LogP contribution in [0.3, 0.4) is 0 Å². The summed E-state index contributed by atoms with van der Waals surface area (Å²) in [6.07, 6.45) is -1.41. The third-order valence-electron chi connectivity index (χ3n) is 3.87. The Morgan fingerprint density at radius 1 is 1.10 bits per heavy atom. The van der Waals surface area contributed by atoms with Gasteiger partial charge in [0.25, 0.3) is 0 Å². The van der Waals surface area contributed by atoms with Crippen LogP contribution in [0.4, 0.5) is 0 Å². The molecule has 20 heavy (non-hydrogen) atoms. The van der Waals surface area contributed by atoms with Gasteiger partial charge in [0.15, 0.2) is 0 Å². The van der Waals surface area contributed by atoms with E-state index in [0.29, 0.717) is 5.56 Å². The van der Waals surface area contributed by atoms with E-state index in [9.17, 15) is 20.1 Å². The number of aromatic hydroxyl groups is 1. The maximum Gasteiger partial charge on any atom is 0.342 e. The van der Waals surface area contributed by atoms with Crippen molar-refractivity contribution in [3.05, 3.63) is 27.3 Å². The van der Waals surface area contributed by atoms with E-state index in [0.717, 1.165) is 0 Å². The van der Waals surface area contributed by atoms with Crippen molar-refractivity contribution in [3.8, 4) is 5.75 Å². The minimum absolute atomic E-state index is 0.0270. The lowest BCUT2D eigenvalue weighted by Gasteiger charge is -2.26. The van der Waals surface area contributed by atoms with Crippen LogP contribution in [-0.2, 0) is 6.42 Å². The van der Waals surface area contributed by atoms with Gasteiger partial charge in [-0.3, -0.25) is 0 Å². The van der Waals surface area contributed by atoms with E-state index in [2.05, 4.69) is 0 Å². The minimum Gasteiger partial charge on any atom is -0.507 e. The molecule has 1 aromatic heterocycles. The lowest BCUT2D eigenvalue weighted by molar-refractivity contribution is -0.00372. The van der Waals surface area contributed by atoms with Crippen molar-refractivity contribution in [2.24, 2.45) is 11.8 Å². The van der Waals surface area contributed by atoms with Gasteiger partial charge in [0.05, 0.1) is 17.8 Å². The predicted molar refractivity (Wildman–Crippen MR) is 75.8 cm³/mol. The maximum atomic E-state index is 11.5. The van der Waals surface area contributed by atoms with Crippen molar-refractivity contribution in [3.63, 3.8) is 0 Å². The lowest BCUT2D eigenvalue weighted by Crippen LogP contribution is -2.34. The van der Waals surface area contributed by atoms with E-state index in [1.807, 2.05) is 13.8 Å². The van der Waals surface area contributed by atoms with Crippen molar-refractivity contribution in [1.29, 1.82) is 0 Å². The largest absolute Gasteiger partial charge is 0.507 e. The first-order valence-electron chi connectivity index (χ1n) is 6.85. The summed E-state index contributed by atoms with van der Waals surface area (Å²) >= 11 is 0. The second-order valence-corrected chi connectivity index (χ2v) is 5.78. The topological polar surface area (TPSA) is 90.9 Å². The molecule has 1 heterocycles. The van der Waals surface area contributed by atoms with Crippen molar-refractivity contribution < 1.29 is 19.7 Å². The zero-order valence-electron chi connectivity index (χ0n) is 12.7. The van der Waals surface area contributed by atoms with Crippen LogP contribution in [0.2, 0.25) is 0 Å². The highest BCUT2D eigenvalue weighted by Crippen LogP contribution is 2.25. The van der Waals surface area contributed by atoms with E-state index in [1.54, 1.807) is 13.8 Å². The fourth-order valence-corrected chi connectivity index (χ4v) is 2.18. The third kappa shape index (κ3) is 3.41. The van der Waals surface area contributed by atoms with Gasteiger partial charge in [0, 0.05) is 17.9 Å². The van der Waals surface area contributed by atoms with Gasteiger partial charge in [-0.05, 0) is 19.8 Å². The average Bonchev–Trinajstić information content (AvgIpc) is 2.40. The number of aliphatic hydroxyl groups excluding tert-OH is 2. The molecular weight excluding hydrogens is 260 g/mol. The molecule has 0 radical (unpaired) electrons. The van der Waals surface area contributed by atoms with Crippen LogP contribution in [0.1, 0.15) is 37.7 Å². The number of hydrogen-bond donors (Lipinski definition) is 3. The molecule has 0 aliphatic rings. The van der Waals surface area contributed by atoms with Crippen LogP contribution < -0.4 is 5.63 Å². The molecule has 0 amide bonds. The van der Waals surface area contributed by atoms with E-state index in [4.69, 9.17) is 4.42 Å². The first kappa shape index (κ1) is 16.7. The van der Waals surface area contributed by atoms with E-state index in [1.165, 1.54) is 6.92 Å². The first-order valence-corrected chi connectivity index (χ1v) is 6.85. The molecule has 114 valence electrons. The molecule has 0 aliphatic heterocycles. The monoisotopic (exact) mass is 284 g/mol. The van der Waals surface area contributed by atoms with Crippen LogP contribution in [0.15, 0.2) is 9.21 Å². The molecule has 0 fully saturated rings. The molecule has 0 aromatic carbocycles. The van der Waals surface area contributed by atoms with Gasteiger partial charge in [-0.2, -0.15) is 0 Å². The Morgan fingerprint density at radius 3 is 2.15 bits per heavy atom. The second kappa shape index (κ2) is 6.41. The normalized spacial score (nSPS) is 16.2. The Bertz CT molecular complexity index is 518. The van der Waals surface area contributed by atoms with Gasteiger partial charge in [-0.15, -0.1) is 0 Å². The Balaban J connectivity index is 2.97. The summed E-state index contributed by atoms with van der Waals surface area (Å²) < 4.78 is 5.12. The molecule has 1 rings (SSSR count). The molecule has 3 N–H and O–H groups in total. The van der Waals surface area contributed by atoms with E-state index in [-0.39, 0.29) is 35.3 Å². The SMILES string of the molecule is Cc1c(CC(O)C(C)C(O)C(C)C)oc(=O)c(C)c1O. The molecule has 0 bridgehead atoms. The van der Waals surface area contributed by atoms with Gasteiger partial charge in [-0.25, -0.2) is 4.79 Å². The fraction of sp³-hybridized carbons (Fsp3) is 0.667. The summed E-state index contributed by atoms with van der Waals surface area (Å²) in [5.41, 5.74) is 0.00995. The van der Waals surface area contributed by atoms with Crippen molar-refractivity contribution in [2.75, 3.05) is 0 Å². The Morgan fingerprint density at radius 2 is 1.65 bits per heavy atom. The second-order valence-electron chi connectivity index (χ2n) is 5.78. The first-order chi connectivity index (χ1) is 9.16. The van der Waals surface area contributed by atoms with Crippen molar-refractivity contribution in [1.82, 2.24) is 0 Å². The van der Waals surface area contributed by atoms with Gasteiger partial charge >= 0.3 is 5.63 Å². The highest BCUT2D eigenvalue weighted by molar-refractivity contribution is 5.38. The van der Waals surface area contributed by atoms with E-state index >= 15 is 0 Å². The number of rotatable bonds is 5. The lowest BCUT2D eigenvalue weighted by atomic mass is 9.88. The molecule has 0 spiro atoms. The smallest absolute Gasteiger partial charge is 0.342 e. The van der Waals surface area contributed by atoms with Crippen molar-refractivity contribution >= 4 is 0 Å². The molecule has 3 atom stereocenters. The fourth-order valence-electron chi connectivity index (χ4n) is 2.18. The number of hydrogen-bond acceptors (Lipinski definition) is 5. The molecule has 5 heteroatoms. The number of aliphatic hydroxyl groups is 2. The molecule has 3 unspecified atom stereocenters. The molecule has 0 saturated heterocycles. The van der Waals surface area contributed by atoms with Gasteiger partial charge in [-0.1, -0.05) is 20.8 Å². The Hall–Kier alpha value is -1.33. The Kier molecular flexibility index (Phi) is 5.36. The minimum atomic E-state index is -0.851. The van der Waals surface area contributed by atoms with Crippen LogP contribution in [0.5, 0.6) is 5.75 Å². The Labute approximate surface area is 118 Å². The molecule has 0 aliphatic carbocycles. The molecular formula is C15H24O5. The van der Waals surface area contributed by atoms with Crippen molar-refractivity contribution in [2.45, 2.75) is 53.2 Å². The van der Waals surface area contributed by atoms with Crippen LogP contribution >= 0.6 is 0 Å². The predicted octanol–water partition coefficient (Wildman–Crippen LogP) is 1.52. The maximum absolute atomic E-state index is 11.5.